The van der Waals surface area contributed by atoms with Gasteiger partial charge in [-0.15, -0.1) is 0 Å². The minimum absolute atomic E-state index is 0.0653. The zero-order valence-electron chi connectivity index (χ0n) is 12.0. The van der Waals surface area contributed by atoms with Gasteiger partial charge in [0.05, 0.1) is 11.6 Å². The quantitative estimate of drug-likeness (QED) is 0.928. The van der Waals surface area contributed by atoms with Crippen molar-refractivity contribution in [3.63, 3.8) is 0 Å². The molecule has 1 aliphatic rings. The Morgan fingerprint density at radius 1 is 1.45 bits per heavy atom. The molecule has 5 heteroatoms. The van der Waals surface area contributed by atoms with Crippen molar-refractivity contribution in [1.82, 2.24) is 10.2 Å². The van der Waals surface area contributed by atoms with Gasteiger partial charge in [0.25, 0.3) is 5.91 Å². The van der Waals surface area contributed by atoms with Gasteiger partial charge in [-0.1, -0.05) is 11.6 Å². The van der Waals surface area contributed by atoms with Crippen molar-refractivity contribution in [2.24, 2.45) is 0 Å². The van der Waals surface area contributed by atoms with Crippen molar-refractivity contribution in [3.8, 4) is 5.75 Å². The molecule has 1 aromatic rings. The summed E-state index contributed by atoms with van der Waals surface area (Å²) in [5, 5.41) is 3.54. The minimum Gasteiger partial charge on any atom is -0.492 e. The van der Waals surface area contributed by atoms with Gasteiger partial charge in [0.1, 0.15) is 5.75 Å². The molecule has 0 spiro atoms. The highest BCUT2D eigenvalue weighted by molar-refractivity contribution is 6.32. The molecular formula is C15H21ClN2O2. The number of hydrogen-bond donors (Lipinski definition) is 1. The van der Waals surface area contributed by atoms with Gasteiger partial charge >= 0.3 is 0 Å². The third kappa shape index (κ3) is 3.87. The van der Waals surface area contributed by atoms with Crippen molar-refractivity contribution >= 4 is 17.5 Å². The molecule has 1 saturated heterocycles. The molecule has 110 valence electrons. The lowest BCUT2D eigenvalue weighted by Crippen LogP contribution is -2.43. The Kier molecular flexibility index (Phi) is 5.26. The molecule has 0 aliphatic carbocycles. The number of halogens is 1. The van der Waals surface area contributed by atoms with E-state index in [2.05, 4.69) is 17.3 Å². The summed E-state index contributed by atoms with van der Waals surface area (Å²) >= 11 is 6.10. The fourth-order valence-electron chi connectivity index (χ4n) is 2.34. The minimum atomic E-state index is -0.0653. The summed E-state index contributed by atoms with van der Waals surface area (Å²) in [6, 6.07) is 5.41. The normalized spacial score (nSPS) is 16.9. The summed E-state index contributed by atoms with van der Waals surface area (Å²) < 4.78 is 5.36. The van der Waals surface area contributed by atoms with E-state index >= 15 is 0 Å². The van der Waals surface area contributed by atoms with Crippen LogP contribution in [0.15, 0.2) is 18.2 Å². The maximum atomic E-state index is 12.2. The number of piperidine rings is 1. The highest BCUT2D eigenvalue weighted by Crippen LogP contribution is 2.25. The van der Waals surface area contributed by atoms with Crippen molar-refractivity contribution in [2.75, 3.05) is 26.7 Å². The predicted molar refractivity (Wildman–Crippen MR) is 80.6 cm³/mol. The van der Waals surface area contributed by atoms with Crippen molar-refractivity contribution in [2.45, 2.75) is 25.8 Å². The highest BCUT2D eigenvalue weighted by Gasteiger charge is 2.19. The first-order valence-electron chi connectivity index (χ1n) is 7.02. The maximum Gasteiger partial charge on any atom is 0.251 e. The number of benzene rings is 1. The Balaban J connectivity index is 1.97. The van der Waals surface area contributed by atoms with Crippen LogP contribution in [-0.2, 0) is 0 Å². The smallest absolute Gasteiger partial charge is 0.251 e. The van der Waals surface area contributed by atoms with Crippen LogP contribution >= 0.6 is 11.6 Å². The van der Waals surface area contributed by atoms with Gasteiger partial charge in [-0.05, 0) is 58.1 Å². The first-order chi connectivity index (χ1) is 9.60. The molecule has 20 heavy (non-hydrogen) atoms. The molecule has 2 rings (SSSR count). The fraction of sp³-hybridized carbons (Fsp3) is 0.533. The van der Waals surface area contributed by atoms with Gasteiger partial charge in [0, 0.05) is 11.6 Å². The second-order valence-corrected chi connectivity index (χ2v) is 5.54. The summed E-state index contributed by atoms with van der Waals surface area (Å²) in [5.41, 5.74) is 0.581. The Bertz CT molecular complexity index is 471. The van der Waals surface area contributed by atoms with E-state index in [-0.39, 0.29) is 11.9 Å². The number of rotatable bonds is 4. The van der Waals surface area contributed by atoms with Gasteiger partial charge in [-0.25, -0.2) is 0 Å². The number of nitrogens with one attached hydrogen (secondary N) is 1. The summed E-state index contributed by atoms with van der Waals surface area (Å²) in [5.74, 6) is 0.550. The van der Waals surface area contributed by atoms with Crippen LogP contribution < -0.4 is 10.1 Å². The Morgan fingerprint density at radius 2 is 2.15 bits per heavy atom. The van der Waals surface area contributed by atoms with Crippen LogP contribution in [0.3, 0.4) is 0 Å². The first kappa shape index (κ1) is 15.1. The summed E-state index contributed by atoms with van der Waals surface area (Å²) in [4.78, 5) is 14.5. The molecule has 0 unspecified atom stereocenters. The molecule has 0 atom stereocenters. The number of hydrogen-bond acceptors (Lipinski definition) is 3. The molecule has 1 heterocycles. The fourth-order valence-corrected chi connectivity index (χ4v) is 2.57. The van der Waals surface area contributed by atoms with E-state index in [0.29, 0.717) is 22.9 Å². The number of ether oxygens (including phenoxy) is 1. The van der Waals surface area contributed by atoms with E-state index in [4.69, 9.17) is 16.3 Å². The second kappa shape index (κ2) is 6.95. The van der Waals surface area contributed by atoms with Gasteiger partial charge in [0.2, 0.25) is 0 Å². The summed E-state index contributed by atoms with van der Waals surface area (Å²) in [6.07, 6.45) is 1.99. The van der Waals surface area contributed by atoms with Crippen molar-refractivity contribution in [1.29, 1.82) is 0 Å². The molecule has 4 nitrogen and oxygen atoms in total. The van der Waals surface area contributed by atoms with Crippen molar-refractivity contribution < 1.29 is 9.53 Å². The van der Waals surface area contributed by atoms with E-state index in [1.807, 2.05) is 6.92 Å². The van der Waals surface area contributed by atoms with Crippen LogP contribution in [0.25, 0.3) is 0 Å². The van der Waals surface area contributed by atoms with E-state index in [0.717, 1.165) is 25.9 Å². The lowest BCUT2D eigenvalue weighted by Gasteiger charge is -2.29. The molecule has 1 amide bonds. The zero-order chi connectivity index (χ0) is 14.5. The van der Waals surface area contributed by atoms with Crippen LogP contribution in [-0.4, -0.2) is 43.6 Å². The summed E-state index contributed by atoms with van der Waals surface area (Å²) in [7, 11) is 2.10. The third-order valence-electron chi connectivity index (χ3n) is 3.55. The molecule has 0 saturated carbocycles. The molecule has 1 fully saturated rings. The Hall–Kier alpha value is -1.26. The topological polar surface area (TPSA) is 41.6 Å². The number of likely N-dealkylation sites (tertiary alicyclic amines) is 1. The van der Waals surface area contributed by atoms with E-state index in [1.54, 1.807) is 18.2 Å². The van der Waals surface area contributed by atoms with E-state index in [9.17, 15) is 4.79 Å². The number of amides is 1. The van der Waals surface area contributed by atoms with Crippen LogP contribution in [0, 0.1) is 0 Å². The van der Waals surface area contributed by atoms with Crippen LogP contribution in [0.1, 0.15) is 30.1 Å². The monoisotopic (exact) mass is 296 g/mol. The van der Waals surface area contributed by atoms with Gasteiger partial charge in [-0.2, -0.15) is 0 Å². The molecule has 0 bridgehead atoms. The SMILES string of the molecule is CCOc1ccc(C(=O)NC2CCN(C)CC2)cc1Cl. The highest BCUT2D eigenvalue weighted by atomic mass is 35.5. The van der Waals surface area contributed by atoms with Gasteiger partial charge < -0.3 is 15.0 Å². The van der Waals surface area contributed by atoms with Crippen LogP contribution in [0.4, 0.5) is 0 Å². The van der Waals surface area contributed by atoms with Gasteiger partial charge in [-0.3, -0.25) is 4.79 Å². The molecule has 0 radical (unpaired) electrons. The molecule has 1 N–H and O–H groups in total. The standard InChI is InChI=1S/C15H21ClN2O2/c1-3-20-14-5-4-11(10-13(14)16)15(19)17-12-6-8-18(2)9-7-12/h4-5,10,12H,3,6-9H2,1-2H3,(H,17,19). The molecule has 1 aromatic carbocycles. The van der Waals surface area contributed by atoms with Crippen LogP contribution in [0.5, 0.6) is 5.75 Å². The Morgan fingerprint density at radius 3 is 2.75 bits per heavy atom. The molecule has 0 aromatic heterocycles. The van der Waals surface area contributed by atoms with Crippen LogP contribution in [0.2, 0.25) is 5.02 Å². The number of carbonyl (C=O) groups is 1. The lowest BCUT2D eigenvalue weighted by molar-refractivity contribution is 0.0917. The van der Waals surface area contributed by atoms with Crippen molar-refractivity contribution in [3.05, 3.63) is 28.8 Å². The largest absolute Gasteiger partial charge is 0.492 e. The van der Waals surface area contributed by atoms with Gasteiger partial charge in [0.15, 0.2) is 0 Å². The third-order valence-corrected chi connectivity index (χ3v) is 3.84. The average molecular weight is 297 g/mol. The summed E-state index contributed by atoms with van der Waals surface area (Å²) in [6.45, 7) is 4.50. The second-order valence-electron chi connectivity index (χ2n) is 5.13. The maximum absolute atomic E-state index is 12.2. The lowest BCUT2D eigenvalue weighted by atomic mass is 10.0. The molecular weight excluding hydrogens is 276 g/mol. The predicted octanol–water partition coefficient (Wildman–Crippen LogP) is 2.56. The first-order valence-corrected chi connectivity index (χ1v) is 7.39. The molecule has 1 aliphatic heterocycles. The Labute approximate surface area is 125 Å². The average Bonchev–Trinajstić information content (AvgIpc) is 2.44. The number of nitrogens with zero attached hydrogens (tertiary/aromatic N) is 1. The number of carbonyl (C=O) groups excluding carboxylic acids is 1. The zero-order valence-corrected chi connectivity index (χ0v) is 12.7. The van der Waals surface area contributed by atoms with E-state index in [1.165, 1.54) is 0 Å². The van der Waals surface area contributed by atoms with E-state index < -0.39 is 0 Å².